The fourth-order valence-electron chi connectivity index (χ4n) is 2.91. The monoisotopic (exact) mass is 376 g/mol. The van der Waals surface area contributed by atoms with Gasteiger partial charge in [-0.25, -0.2) is 9.37 Å². The highest BCUT2D eigenvalue weighted by Crippen LogP contribution is 2.20. The number of imidazole rings is 1. The van der Waals surface area contributed by atoms with Gasteiger partial charge in [0.2, 0.25) is 5.91 Å². The minimum absolute atomic E-state index is 0.171. The molecule has 2 aromatic heterocycles. The van der Waals surface area contributed by atoms with E-state index in [2.05, 4.69) is 15.3 Å². The van der Waals surface area contributed by atoms with Crippen molar-refractivity contribution in [3.8, 4) is 17.0 Å². The standard InChI is InChI=1S/C21H17FN4O2/c1-28-17-4-2-3-14(9-17)10-21(27)25-20-12-24-19-11-23-18(13-26(19)20)15-5-7-16(22)8-6-15/h2-9,11-13H,10H2,1H3,(H,25,27). The maximum Gasteiger partial charge on any atom is 0.229 e. The Labute approximate surface area is 160 Å². The summed E-state index contributed by atoms with van der Waals surface area (Å²) in [6, 6.07) is 13.4. The van der Waals surface area contributed by atoms with Crippen molar-refractivity contribution in [2.75, 3.05) is 12.4 Å². The van der Waals surface area contributed by atoms with Crippen molar-refractivity contribution in [2.24, 2.45) is 0 Å². The SMILES string of the molecule is COc1cccc(CC(=O)Nc2cnc3cnc(-c4ccc(F)cc4)cn23)c1. The van der Waals surface area contributed by atoms with Gasteiger partial charge in [0.15, 0.2) is 5.65 Å². The van der Waals surface area contributed by atoms with Crippen LogP contribution in [0.2, 0.25) is 0 Å². The molecule has 2 aromatic carbocycles. The zero-order valence-electron chi connectivity index (χ0n) is 15.1. The molecule has 28 heavy (non-hydrogen) atoms. The summed E-state index contributed by atoms with van der Waals surface area (Å²) in [5, 5.41) is 2.87. The van der Waals surface area contributed by atoms with Crippen molar-refractivity contribution >= 4 is 17.4 Å². The molecule has 4 aromatic rings. The number of amides is 1. The second-order valence-electron chi connectivity index (χ2n) is 6.23. The van der Waals surface area contributed by atoms with E-state index in [1.54, 1.807) is 42.2 Å². The zero-order valence-corrected chi connectivity index (χ0v) is 15.1. The second kappa shape index (κ2) is 7.48. The van der Waals surface area contributed by atoms with Crippen molar-refractivity contribution in [1.82, 2.24) is 14.4 Å². The van der Waals surface area contributed by atoms with Gasteiger partial charge in [-0.2, -0.15) is 0 Å². The Kier molecular flexibility index (Phi) is 4.72. The van der Waals surface area contributed by atoms with Gasteiger partial charge in [0, 0.05) is 11.8 Å². The summed E-state index contributed by atoms with van der Waals surface area (Å²) in [6.45, 7) is 0. The van der Waals surface area contributed by atoms with E-state index in [4.69, 9.17) is 4.74 Å². The number of benzene rings is 2. The Hall–Kier alpha value is -3.74. The number of methoxy groups -OCH3 is 1. The van der Waals surface area contributed by atoms with Crippen LogP contribution >= 0.6 is 0 Å². The number of carbonyl (C=O) groups excluding carboxylic acids is 1. The van der Waals surface area contributed by atoms with E-state index in [1.165, 1.54) is 12.1 Å². The van der Waals surface area contributed by atoms with E-state index in [-0.39, 0.29) is 18.1 Å². The smallest absolute Gasteiger partial charge is 0.229 e. The van der Waals surface area contributed by atoms with Crippen molar-refractivity contribution in [3.63, 3.8) is 0 Å². The van der Waals surface area contributed by atoms with Gasteiger partial charge in [-0.3, -0.25) is 14.2 Å². The lowest BCUT2D eigenvalue weighted by Crippen LogP contribution is -2.15. The van der Waals surface area contributed by atoms with Gasteiger partial charge >= 0.3 is 0 Å². The summed E-state index contributed by atoms with van der Waals surface area (Å²) < 4.78 is 20.1. The number of carbonyl (C=O) groups is 1. The number of nitrogens with one attached hydrogen (secondary N) is 1. The van der Waals surface area contributed by atoms with Crippen LogP contribution in [0.4, 0.5) is 10.2 Å². The number of hydrogen-bond donors (Lipinski definition) is 1. The summed E-state index contributed by atoms with van der Waals surface area (Å²) in [7, 11) is 1.59. The van der Waals surface area contributed by atoms with Gasteiger partial charge < -0.3 is 10.1 Å². The Morgan fingerprint density at radius 2 is 1.96 bits per heavy atom. The van der Waals surface area contributed by atoms with E-state index >= 15 is 0 Å². The van der Waals surface area contributed by atoms with E-state index in [1.807, 2.05) is 24.3 Å². The van der Waals surface area contributed by atoms with Gasteiger partial charge in [-0.15, -0.1) is 0 Å². The summed E-state index contributed by atoms with van der Waals surface area (Å²) in [4.78, 5) is 21.1. The number of anilines is 1. The van der Waals surface area contributed by atoms with E-state index < -0.39 is 0 Å². The quantitative estimate of drug-likeness (QED) is 0.576. The molecule has 1 N–H and O–H groups in total. The van der Waals surface area contributed by atoms with Crippen LogP contribution in [0, 0.1) is 5.82 Å². The molecule has 0 unspecified atom stereocenters. The maximum absolute atomic E-state index is 13.1. The lowest BCUT2D eigenvalue weighted by molar-refractivity contribution is -0.115. The number of nitrogens with zero attached hydrogens (tertiary/aromatic N) is 3. The van der Waals surface area contributed by atoms with E-state index in [0.29, 0.717) is 22.9 Å². The summed E-state index contributed by atoms with van der Waals surface area (Å²) >= 11 is 0. The molecule has 0 fully saturated rings. The molecular weight excluding hydrogens is 359 g/mol. The van der Waals surface area contributed by atoms with Crippen LogP contribution in [-0.4, -0.2) is 27.4 Å². The average Bonchev–Trinajstić information content (AvgIpc) is 3.10. The minimum Gasteiger partial charge on any atom is -0.497 e. The van der Waals surface area contributed by atoms with E-state index in [9.17, 15) is 9.18 Å². The van der Waals surface area contributed by atoms with Crippen molar-refractivity contribution in [2.45, 2.75) is 6.42 Å². The molecule has 6 nitrogen and oxygen atoms in total. The summed E-state index contributed by atoms with van der Waals surface area (Å²) in [5.41, 5.74) is 2.86. The predicted molar refractivity (Wildman–Crippen MR) is 104 cm³/mol. The third kappa shape index (κ3) is 3.68. The first-order valence-electron chi connectivity index (χ1n) is 8.64. The molecule has 0 spiro atoms. The molecule has 0 saturated heterocycles. The van der Waals surface area contributed by atoms with Crippen molar-refractivity contribution < 1.29 is 13.9 Å². The molecule has 0 aliphatic carbocycles. The van der Waals surface area contributed by atoms with Crippen LogP contribution in [0.15, 0.2) is 67.1 Å². The van der Waals surface area contributed by atoms with Gasteiger partial charge in [0.1, 0.15) is 17.4 Å². The molecule has 1 amide bonds. The van der Waals surface area contributed by atoms with Crippen LogP contribution in [0.5, 0.6) is 5.75 Å². The van der Waals surface area contributed by atoms with Gasteiger partial charge in [0.05, 0.1) is 31.6 Å². The highest BCUT2D eigenvalue weighted by Gasteiger charge is 2.11. The molecule has 0 saturated carbocycles. The van der Waals surface area contributed by atoms with Gasteiger partial charge in [0.25, 0.3) is 0 Å². The Bertz CT molecular complexity index is 1140. The third-order valence-electron chi connectivity index (χ3n) is 4.30. The molecule has 140 valence electrons. The second-order valence-corrected chi connectivity index (χ2v) is 6.23. The highest BCUT2D eigenvalue weighted by molar-refractivity contribution is 5.91. The van der Waals surface area contributed by atoms with Gasteiger partial charge in [-0.1, -0.05) is 12.1 Å². The Balaban J connectivity index is 1.57. The third-order valence-corrected chi connectivity index (χ3v) is 4.30. The zero-order chi connectivity index (χ0) is 19.5. The summed E-state index contributed by atoms with van der Waals surface area (Å²) in [6.07, 6.45) is 5.16. The lowest BCUT2D eigenvalue weighted by atomic mass is 10.1. The fraction of sp³-hybridized carbons (Fsp3) is 0.0952. The maximum atomic E-state index is 13.1. The normalized spacial score (nSPS) is 10.8. The number of halogens is 1. The first kappa shape index (κ1) is 17.7. The van der Waals surface area contributed by atoms with Crippen LogP contribution < -0.4 is 10.1 Å². The minimum atomic E-state index is -0.307. The predicted octanol–water partition coefficient (Wildman–Crippen LogP) is 3.73. The molecular formula is C21H17FN4O2. The molecule has 0 atom stereocenters. The number of rotatable bonds is 5. The molecule has 7 heteroatoms. The first-order chi connectivity index (χ1) is 13.6. The summed E-state index contributed by atoms with van der Waals surface area (Å²) in [5.74, 6) is 0.761. The fourth-order valence-corrected chi connectivity index (χ4v) is 2.91. The lowest BCUT2D eigenvalue weighted by Gasteiger charge is -2.07. The van der Waals surface area contributed by atoms with Crippen LogP contribution in [0.25, 0.3) is 16.9 Å². The van der Waals surface area contributed by atoms with Crippen molar-refractivity contribution in [3.05, 3.63) is 78.5 Å². The number of aromatic nitrogens is 3. The number of ether oxygens (including phenoxy) is 1. The molecule has 4 rings (SSSR count). The van der Waals surface area contributed by atoms with Crippen molar-refractivity contribution in [1.29, 1.82) is 0 Å². The molecule has 0 radical (unpaired) electrons. The highest BCUT2D eigenvalue weighted by atomic mass is 19.1. The van der Waals surface area contributed by atoms with Crippen LogP contribution in [0.1, 0.15) is 5.56 Å². The molecule has 0 aliphatic rings. The molecule has 0 bridgehead atoms. The Morgan fingerprint density at radius 1 is 1.14 bits per heavy atom. The topological polar surface area (TPSA) is 68.5 Å². The average molecular weight is 376 g/mol. The number of fused-ring (bicyclic) bond motifs is 1. The van der Waals surface area contributed by atoms with E-state index in [0.717, 1.165) is 11.1 Å². The largest absolute Gasteiger partial charge is 0.497 e. The van der Waals surface area contributed by atoms with Crippen LogP contribution in [-0.2, 0) is 11.2 Å². The first-order valence-corrected chi connectivity index (χ1v) is 8.64. The molecule has 0 aliphatic heterocycles. The van der Waals surface area contributed by atoms with Gasteiger partial charge in [-0.05, 0) is 42.0 Å². The Morgan fingerprint density at radius 3 is 2.75 bits per heavy atom. The number of hydrogen-bond acceptors (Lipinski definition) is 4. The van der Waals surface area contributed by atoms with Crippen LogP contribution in [0.3, 0.4) is 0 Å². The molecule has 2 heterocycles.